The van der Waals surface area contributed by atoms with Crippen LogP contribution in [0, 0.1) is 6.92 Å². The Morgan fingerprint density at radius 2 is 1.94 bits per heavy atom. The highest BCUT2D eigenvalue weighted by atomic mass is 16.4. The van der Waals surface area contributed by atoms with Crippen LogP contribution in [0.3, 0.4) is 0 Å². The summed E-state index contributed by atoms with van der Waals surface area (Å²) >= 11 is 0. The van der Waals surface area contributed by atoms with Gasteiger partial charge in [-0.2, -0.15) is 5.10 Å². The van der Waals surface area contributed by atoms with E-state index in [0.717, 1.165) is 22.4 Å². The normalized spacial score (nSPS) is 10.4. The van der Waals surface area contributed by atoms with E-state index in [4.69, 9.17) is 9.90 Å². The molecule has 0 fully saturated rings. The molecular formula is C22H22N6O5. The Kier molecular flexibility index (Phi) is 7.13. The van der Waals surface area contributed by atoms with Crippen molar-refractivity contribution >= 4 is 29.4 Å². The Hall–Kier alpha value is -4.54. The second-order valence-corrected chi connectivity index (χ2v) is 7.02. The van der Waals surface area contributed by atoms with E-state index in [-0.39, 0.29) is 24.4 Å². The molecule has 11 heteroatoms. The van der Waals surface area contributed by atoms with Gasteiger partial charge < -0.3 is 20.5 Å². The van der Waals surface area contributed by atoms with Crippen molar-refractivity contribution in [2.75, 3.05) is 7.05 Å². The average Bonchev–Trinajstić information content (AvgIpc) is 3.36. The lowest BCUT2D eigenvalue weighted by Crippen LogP contribution is -2.20. The quantitative estimate of drug-likeness (QED) is 0.323. The summed E-state index contributed by atoms with van der Waals surface area (Å²) in [5, 5.41) is 23.2. The van der Waals surface area contributed by atoms with E-state index in [0.29, 0.717) is 23.8 Å². The van der Waals surface area contributed by atoms with Gasteiger partial charge in [-0.25, -0.2) is 19.4 Å². The molecule has 2 aromatic heterocycles. The van der Waals surface area contributed by atoms with Crippen LogP contribution in [0.1, 0.15) is 33.4 Å². The number of aryl methyl sites for hydroxylation is 1. The van der Waals surface area contributed by atoms with Gasteiger partial charge >= 0.3 is 5.97 Å². The van der Waals surface area contributed by atoms with Crippen molar-refractivity contribution in [1.29, 1.82) is 0 Å². The standard InChI is InChI=1S/C21H20N6O3.CH2O2/c1-12-23-16-7-6-13(8-17(16)24-12)9-19-25-18(11-20(28)22-2)26-27(19)15-5-3-4-14(10-15)21(29)30;2-1-3/h3-8,10H,9,11H2,1-2H3,(H,22,28)(H,23,24)(H,29,30);1H,(H,2,3). The molecule has 4 rings (SSSR count). The van der Waals surface area contributed by atoms with Gasteiger partial charge in [-0.1, -0.05) is 12.1 Å². The average molecular weight is 450 g/mol. The van der Waals surface area contributed by atoms with E-state index >= 15 is 0 Å². The summed E-state index contributed by atoms with van der Waals surface area (Å²) in [7, 11) is 1.55. The number of imidazole rings is 1. The first-order valence-electron chi connectivity index (χ1n) is 9.86. The number of nitrogens with one attached hydrogen (secondary N) is 2. The molecule has 0 atom stereocenters. The number of aromatic carboxylic acids is 1. The molecule has 0 aliphatic heterocycles. The van der Waals surface area contributed by atoms with Crippen LogP contribution in [0.25, 0.3) is 16.7 Å². The van der Waals surface area contributed by atoms with E-state index in [2.05, 4.69) is 25.4 Å². The molecule has 4 N–H and O–H groups in total. The zero-order chi connectivity index (χ0) is 24.0. The lowest BCUT2D eigenvalue weighted by molar-refractivity contribution is -0.123. The van der Waals surface area contributed by atoms with Crippen LogP contribution < -0.4 is 5.32 Å². The van der Waals surface area contributed by atoms with Crippen molar-refractivity contribution < 1.29 is 24.6 Å². The SMILES string of the molecule is CNC(=O)Cc1nc(Cc2ccc3nc(C)[nH]c3c2)n(-c2cccc(C(=O)O)c2)n1.O=CO. The Labute approximate surface area is 188 Å². The second kappa shape index (κ2) is 10.2. The largest absolute Gasteiger partial charge is 0.483 e. The van der Waals surface area contributed by atoms with E-state index in [1.54, 1.807) is 23.9 Å². The molecule has 0 saturated carbocycles. The molecule has 11 nitrogen and oxygen atoms in total. The lowest BCUT2D eigenvalue weighted by Gasteiger charge is -2.07. The van der Waals surface area contributed by atoms with E-state index < -0.39 is 5.97 Å². The van der Waals surface area contributed by atoms with Gasteiger partial charge in [-0.3, -0.25) is 9.59 Å². The van der Waals surface area contributed by atoms with Crippen LogP contribution in [0.5, 0.6) is 0 Å². The molecule has 0 radical (unpaired) electrons. The summed E-state index contributed by atoms with van der Waals surface area (Å²) < 4.78 is 1.59. The summed E-state index contributed by atoms with van der Waals surface area (Å²) in [6, 6.07) is 12.4. The first-order valence-corrected chi connectivity index (χ1v) is 9.86. The number of hydrogen-bond acceptors (Lipinski definition) is 6. The predicted molar refractivity (Wildman–Crippen MR) is 118 cm³/mol. The molecule has 4 aromatic rings. The van der Waals surface area contributed by atoms with Gasteiger partial charge in [0.25, 0.3) is 6.47 Å². The highest BCUT2D eigenvalue weighted by Crippen LogP contribution is 2.19. The number of likely N-dealkylation sites (N-methyl/N-ethyl adjacent to an activating group) is 1. The highest BCUT2D eigenvalue weighted by molar-refractivity contribution is 5.88. The Morgan fingerprint density at radius 3 is 2.64 bits per heavy atom. The number of fused-ring (bicyclic) bond motifs is 1. The van der Waals surface area contributed by atoms with E-state index in [1.165, 1.54) is 12.1 Å². The number of amides is 1. The third-order valence-corrected chi connectivity index (χ3v) is 4.68. The third-order valence-electron chi connectivity index (χ3n) is 4.68. The van der Waals surface area contributed by atoms with Crippen LogP contribution in [0.4, 0.5) is 0 Å². The number of benzene rings is 2. The van der Waals surface area contributed by atoms with Crippen molar-refractivity contribution in [2.24, 2.45) is 0 Å². The number of rotatable bonds is 6. The van der Waals surface area contributed by atoms with Crippen molar-refractivity contribution in [3.05, 3.63) is 71.1 Å². The number of hydrogen-bond donors (Lipinski definition) is 4. The van der Waals surface area contributed by atoms with Crippen molar-refractivity contribution in [1.82, 2.24) is 30.0 Å². The molecule has 0 saturated heterocycles. The molecule has 0 bridgehead atoms. The predicted octanol–water partition coefficient (Wildman–Crippen LogP) is 1.73. The number of nitrogens with zero attached hydrogens (tertiary/aromatic N) is 4. The Bertz CT molecular complexity index is 1310. The Balaban J connectivity index is 0.000000968. The monoisotopic (exact) mass is 450 g/mol. The topological polar surface area (TPSA) is 163 Å². The molecule has 1 amide bonds. The van der Waals surface area contributed by atoms with Gasteiger partial charge in [0, 0.05) is 13.5 Å². The fourth-order valence-corrected chi connectivity index (χ4v) is 3.27. The summed E-state index contributed by atoms with van der Waals surface area (Å²) in [6.45, 7) is 1.65. The van der Waals surface area contributed by atoms with Crippen LogP contribution in [0.2, 0.25) is 0 Å². The van der Waals surface area contributed by atoms with Crippen LogP contribution >= 0.6 is 0 Å². The molecule has 170 valence electrons. The molecule has 0 unspecified atom stereocenters. The highest BCUT2D eigenvalue weighted by Gasteiger charge is 2.16. The minimum Gasteiger partial charge on any atom is -0.483 e. The second-order valence-electron chi connectivity index (χ2n) is 7.02. The fraction of sp³-hybridized carbons (Fsp3) is 0.182. The number of carboxylic acid groups (broad SMARTS) is 2. The summed E-state index contributed by atoms with van der Waals surface area (Å²) in [6.07, 6.45) is 0.486. The maximum absolute atomic E-state index is 11.8. The molecule has 2 heterocycles. The number of carboxylic acids is 1. The first-order chi connectivity index (χ1) is 15.8. The number of carbonyl (C=O) groups excluding carboxylic acids is 1. The zero-order valence-corrected chi connectivity index (χ0v) is 17.9. The number of H-pyrrole nitrogens is 1. The molecule has 0 spiro atoms. The lowest BCUT2D eigenvalue weighted by atomic mass is 10.1. The number of aromatic nitrogens is 5. The molecule has 33 heavy (non-hydrogen) atoms. The van der Waals surface area contributed by atoms with Crippen molar-refractivity contribution in [3.8, 4) is 5.69 Å². The first kappa shape index (κ1) is 23.1. The smallest absolute Gasteiger partial charge is 0.335 e. The van der Waals surface area contributed by atoms with Crippen LogP contribution in [-0.2, 0) is 22.4 Å². The third kappa shape index (κ3) is 5.58. The van der Waals surface area contributed by atoms with Crippen LogP contribution in [-0.4, -0.2) is 60.3 Å². The maximum Gasteiger partial charge on any atom is 0.335 e. The Morgan fingerprint density at radius 1 is 1.18 bits per heavy atom. The molecule has 0 aliphatic carbocycles. The van der Waals surface area contributed by atoms with Gasteiger partial charge in [0.15, 0.2) is 5.82 Å². The fourth-order valence-electron chi connectivity index (χ4n) is 3.27. The van der Waals surface area contributed by atoms with Gasteiger partial charge in [0.1, 0.15) is 11.6 Å². The minimum absolute atomic E-state index is 0.0356. The summed E-state index contributed by atoms with van der Waals surface area (Å²) in [5.74, 6) is 0.579. The summed E-state index contributed by atoms with van der Waals surface area (Å²) in [5.41, 5.74) is 3.51. The van der Waals surface area contributed by atoms with E-state index in [1.807, 2.05) is 25.1 Å². The minimum atomic E-state index is -1.02. The maximum atomic E-state index is 11.8. The molecular weight excluding hydrogens is 428 g/mol. The molecule has 0 aliphatic rings. The van der Waals surface area contributed by atoms with Crippen molar-refractivity contribution in [3.63, 3.8) is 0 Å². The van der Waals surface area contributed by atoms with E-state index in [9.17, 15) is 14.7 Å². The van der Waals surface area contributed by atoms with Crippen LogP contribution in [0.15, 0.2) is 42.5 Å². The van der Waals surface area contributed by atoms with Gasteiger partial charge in [0.05, 0.1) is 28.7 Å². The number of carbonyl (C=O) groups is 3. The van der Waals surface area contributed by atoms with Crippen molar-refractivity contribution in [2.45, 2.75) is 19.8 Å². The van der Waals surface area contributed by atoms with Gasteiger partial charge in [0.2, 0.25) is 5.91 Å². The van der Waals surface area contributed by atoms with Gasteiger partial charge in [-0.05, 0) is 42.8 Å². The number of aromatic amines is 1. The summed E-state index contributed by atoms with van der Waals surface area (Å²) in [4.78, 5) is 43.7. The molecule has 2 aromatic carbocycles. The van der Waals surface area contributed by atoms with Gasteiger partial charge in [-0.15, -0.1) is 0 Å². The zero-order valence-electron chi connectivity index (χ0n) is 17.9.